The molecule has 6 nitrogen and oxygen atoms in total. The lowest BCUT2D eigenvalue weighted by Crippen LogP contribution is -2.13. The van der Waals surface area contributed by atoms with Crippen molar-refractivity contribution >= 4 is 56.4 Å². The largest absolute Gasteiger partial charge is 0.456 e. The van der Waals surface area contributed by atoms with E-state index < -0.39 is 10.0 Å². The van der Waals surface area contributed by atoms with E-state index in [1.165, 1.54) is 19.1 Å². The number of carbonyl (C=O) groups is 1. The number of carbonyl (C=O) groups excluding carboxylic acids is 1. The summed E-state index contributed by atoms with van der Waals surface area (Å²) in [5, 5.41) is 8.67. The lowest BCUT2D eigenvalue weighted by atomic mass is 10.0. The molecule has 0 aliphatic rings. The lowest BCUT2D eigenvalue weighted by molar-refractivity contribution is -0.114. The van der Waals surface area contributed by atoms with Crippen molar-refractivity contribution < 1.29 is 17.9 Å². The number of anilines is 1. The molecule has 0 bridgehead atoms. The van der Waals surface area contributed by atoms with E-state index >= 15 is 0 Å². The molecule has 0 aromatic heterocycles. The van der Waals surface area contributed by atoms with E-state index in [1.54, 1.807) is 42.5 Å². The maximum atomic E-state index is 12.2. The zero-order valence-electron chi connectivity index (χ0n) is 15.4. The number of hydrogen-bond donors (Lipinski definition) is 2. The molecule has 1 amide bonds. The first-order chi connectivity index (χ1) is 14.1. The summed E-state index contributed by atoms with van der Waals surface area (Å²) in [6.07, 6.45) is 0. The molecule has 3 N–H and O–H groups in total. The fourth-order valence-electron chi connectivity index (χ4n) is 2.70. The standard InChI is InChI=1S/C20H15Cl3N2O4S/c1-11(26)25-16-7-6-15(19(22)20(16)23)12-5-8-17(18(9-12)30(24,27)28)29-14-4-2-3-13(21)10-14/h2-10H,1H3,(H,25,26)(H2,24,27,28). The Morgan fingerprint density at radius 1 is 1.00 bits per heavy atom. The first-order valence-electron chi connectivity index (χ1n) is 8.42. The monoisotopic (exact) mass is 484 g/mol. The zero-order valence-corrected chi connectivity index (χ0v) is 18.5. The molecule has 0 aliphatic heterocycles. The summed E-state index contributed by atoms with van der Waals surface area (Å²) in [7, 11) is -4.13. The summed E-state index contributed by atoms with van der Waals surface area (Å²) in [6, 6.07) is 14.1. The molecule has 0 fully saturated rings. The Kier molecular flexibility index (Phi) is 6.59. The number of nitrogens with two attached hydrogens (primary N) is 1. The molecule has 30 heavy (non-hydrogen) atoms. The van der Waals surface area contributed by atoms with E-state index in [0.717, 1.165) is 0 Å². The number of benzene rings is 3. The van der Waals surface area contributed by atoms with Gasteiger partial charge in [-0.25, -0.2) is 13.6 Å². The number of primary sulfonamides is 1. The summed E-state index contributed by atoms with van der Waals surface area (Å²) in [5.41, 5.74) is 1.24. The van der Waals surface area contributed by atoms with Crippen LogP contribution in [0.25, 0.3) is 11.1 Å². The van der Waals surface area contributed by atoms with Crippen molar-refractivity contribution in [2.75, 3.05) is 5.32 Å². The van der Waals surface area contributed by atoms with Gasteiger partial charge in [0.05, 0.1) is 15.7 Å². The van der Waals surface area contributed by atoms with Crippen LogP contribution in [0.1, 0.15) is 6.92 Å². The zero-order chi connectivity index (χ0) is 22.1. The minimum Gasteiger partial charge on any atom is -0.456 e. The second-order valence-corrected chi connectivity index (χ2v) is 8.96. The van der Waals surface area contributed by atoms with Crippen LogP contribution in [0.2, 0.25) is 15.1 Å². The van der Waals surface area contributed by atoms with E-state index in [-0.39, 0.29) is 26.6 Å². The van der Waals surface area contributed by atoms with Gasteiger partial charge in [0, 0.05) is 17.5 Å². The highest BCUT2D eigenvalue weighted by Gasteiger charge is 2.20. The third-order valence-electron chi connectivity index (χ3n) is 3.98. The fourth-order valence-corrected chi connectivity index (χ4v) is 4.05. The predicted molar refractivity (Wildman–Crippen MR) is 119 cm³/mol. The van der Waals surface area contributed by atoms with Gasteiger partial charge in [0.25, 0.3) is 0 Å². The van der Waals surface area contributed by atoms with Crippen LogP contribution in [-0.2, 0) is 14.8 Å². The number of rotatable bonds is 5. The molecule has 3 aromatic rings. The topological polar surface area (TPSA) is 98.5 Å². The summed E-state index contributed by atoms with van der Waals surface area (Å²) in [6.45, 7) is 1.34. The van der Waals surface area contributed by atoms with Crippen LogP contribution in [0.4, 0.5) is 5.69 Å². The molecule has 0 saturated carbocycles. The quantitative estimate of drug-likeness (QED) is 0.483. The summed E-state index contributed by atoms with van der Waals surface area (Å²) < 4.78 is 30.0. The first kappa shape index (κ1) is 22.4. The van der Waals surface area contributed by atoms with Crippen LogP contribution in [0.3, 0.4) is 0 Å². The number of nitrogens with one attached hydrogen (secondary N) is 1. The lowest BCUT2D eigenvalue weighted by Gasteiger charge is -2.14. The normalized spacial score (nSPS) is 11.2. The Labute approximate surface area is 188 Å². The third kappa shape index (κ3) is 5.06. The minimum absolute atomic E-state index is 0.0283. The Balaban J connectivity index is 2.08. The summed E-state index contributed by atoms with van der Waals surface area (Å²) >= 11 is 18.6. The fraction of sp³-hybridized carbons (Fsp3) is 0.0500. The van der Waals surface area contributed by atoms with Gasteiger partial charge < -0.3 is 10.1 Å². The second-order valence-electron chi connectivity index (χ2n) is 6.24. The number of sulfonamides is 1. The maximum absolute atomic E-state index is 12.2. The Morgan fingerprint density at radius 2 is 1.73 bits per heavy atom. The number of hydrogen-bond acceptors (Lipinski definition) is 4. The predicted octanol–water partition coefficient (Wildman–Crippen LogP) is 5.71. The molecule has 0 unspecified atom stereocenters. The van der Waals surface area contributed by atoms with E-state index in [9.17, 15) is 13.2 Å². The van der Waals surface area contributed by atoms with Crippen LogP contribution in [0.5, 0.6) is 11.5 Å². The molecule has 0 aliphatic carbocycles. The van der Waals surface area contributed by atoms with Crippen molar-refractivity contribution in [2.24, 2.45) is 5.14 Å². The summed E-state index contributed by atoms with van der Waals surface area (Å²) in [4.78, 5) is 11.0. The Morgan fingerprint density at radius 3 is 2.37 bits per heavy atom. The van der Waals surface area contributed by atoms with Gasteiger partial charge in [0.2, 0.25) is 15.9 Å². The van der Waals surface area contributed by atoms with Crippen molar-refractivity contribution in [1.29, 1.82) is 0 Å². The third-order valence-corrected chi connectivity index (χ3v) is 6.03. The van der Waals surface area contributed by atoms with Crippen molar-refractivity contribution in [3.63, 3.8) is 0 Å². The second kappa shape index (κ2) is 8.83. The van der Waals surface area contributed by atoms with Crippen molar-refractivity contribution in [1.82, 2.24) is 0 Å². The van der Waals surface area contributed by atoms with E-state index in [4.69, 9.17) is 44.7 Å². The highest BCUT2D eigenvalue weighted by atomic mass is 35.5. The number of halogens is 3. The van der Waals surface area contributed by atoms with Gasteiger partial charge in [-0.3, -0.25) is 4.79 Å². The molecule has 3 aromatic carbocycles. The van der Waals surface area contributed by atoms with Gasteiger partial charge in [-0.1, -0.05) is 53.0 Å². The Bertz CT molecular complexity index is 1250. The SMILES string of the molecule is CC(=O)Nc1ccc(-c2ccc(Oc3cccc(Cl)c3)c(S(N)(=O)=O)c2)c(Cl)c1Cl. The molecular weight excluding hydrogens is 471 g/mol. The van der Waals surface area contributed by atoms with Crippen LogP contribution < -0.4 is 15.2 Å². The smallest absolute Gasteiger partial charge is 0.241 e. The number of ether oxygens (including phenoxy) is 1. The van der Waals surface area contributed by atoms with Crippen molar-refractivity contribution in [2.45, 2.75) is 11.8 Å². The van der Waals surface area contributed by atoms with Crippen LogP contribution in [-0.4, -0.2) is 14.3 Å². The van der Waals surface area contributed by atoms with Crippen molar-refractivity contribution in [3.05, 3.63) is 69.7 Å². The molecule has 10 heteroatoms. The van der Waals surface area contributed by atoms with Gasteiger partial charge in [0.15, 0.2) is 0 Å². The van der Waals surface area contributed by atoms with Gasteiger partial charge in [-0.2, -0.15) is 0 Å². The molecule has 0 heterocycles. The minimum atomic E-state index is -4.13. The highest BCUT2D eigenvalue weighted by Crippen LogP contribution is 2.40. The average Bonchev–Trinajstić information content (AvgIpc) is 2.65. The molecule has 0 saturated heterocycles. The Hall–Kier alpha value is -2.29. The van der Waals surface area contributed by atoms with Gasteiger partial charge in [-0.05, 0) is 42.0 Å². The number of amides is 1. The van der Waals surface area contributed by atoms with Crippen LogP contribution in [0, 0.1) is 0 Å². The maximum Gasteiger partial charge on any atom is 0.241 e. The molecule has 0 radical (unpaired) electrons. The highest BCUT2D eigenvalue weighted by molar-refractivity contribution is 7.89. The molecule has 0 spiro atoms. The van der Waals surface area contributed by atoms with Gasteiger partial charge in [-0.15, -0.1) is 0 Å². The molecule has 3 rings (SSSR count). The van der Waals surface area contributed by atoms with Gasteiger partial charge in [0.1, 0.15) is 16.4 Å². The summed E-state index contributed by atoms with van der Waals surface area (Å²) in [5.74, 6) is 0.0706. The van der Waals surface area contributed by atoms with Gasteiger partial charge >= 0.3 is 0 Å². The molecule has 0 atom stereocenters. The van der Waals surface area contributed by atoms with E-state index in [2.05, 4.69) is 5.32 Å². The molecular formula is C20H15Cl3N2O4S. The van der Waals surface area contributed by atoms with E-state index in [0.29, 0.717) is 27.6 Å². The first-order valence-corrected chi connectivity index (χ1v) is 11.1. The molecule has 156 valence electrons. The van der Waals surface area contributed by atoms with E-state index in [1.807, 2.05) is 0 Å². The van der Waals surface area contributed by atoms with Crippen molar-refractivity contribution in [3.8, 4) is 22.6 Å². The van der Waals surface area contributed by atoms with Crippen LogP contribution >= 0.6 is 34.8 Å². The van der Waals surface area contributed by atoms with Crippen LogP contribution in [0.15, 0.2) is 59.5 Å². The average molecular weight is 486 g/mol.